The number of hydrogen-bond acceptors (Lipinski definition) is 8. The van der Waals surface area contributed by atoms with Gasteiger partial charge < -0.3 is 34.3 Å². The van der Waals surface area contributed by atoms with Crippen molar-refractivity contribution in [1.82, 2.24) is 0 Å². The SMILES string of the molecule is CC1=CC2C(=O)OC3C[C@@H](C/C=C(\C)[C@@H](O)[C@@H](C)/C=C/C=C4\CO[C@H](C1O)[C@@]42O)O[C@@]1(C=C[C@H](C)C(C2CCCCC2)O1)C3. The molecule has 4 aliphatic heterocycles. The van der Waals surface area contributed by atoms with Gasteiger partial charge in [0.05, 0.1) is 24.9 Å². The molecule has 8 nitrogen and oxygen atoms in total. The second-order valence-electron chi connectivity index (χ2n) is 14.2. The standard InChI is InChI=1S/C36H50O8/c1-21-9-8-12-26-20-41-33-31(38)24(4)17-29(36(26,33)40)34(39)42-28-18-27(14-13-22(2)30(21)37)43-35(19-28)16-15-23(3)32(44-35)25-10-6-5-7-11-25/h8-9,12-13,15-17,21,23,25,27-33,37-38,40H,5-7,10-11,14,18-20H2,1-4H3/b9-8+,22-13+,26-12+/t21-,23-,27+,28?,29?,30-,31?,32?,33+,35+,36+/m0/s1. The van der Waals surface area contributed by atoms with Crippen LogP contribution in [0, 0.1) is 23.7 Å². The zero-order valence-corrected chi connectivity index (χ0v) is 26.6. The maximum Gasteiger partial charge on any atom is 0.316 e. The fourth-order valence-electron chi connectivity index (χ4n) is 8.28. The summed E-state index contributed by atoms with van der Waals surface area (Å²) in [5, 5.41) is 34.2. The monoisotopic (exact) mass is 610 g/mol. The molecule has 0 aromatic carbocycles. The van der Waals surface area contributed by atoms with Crippen LogP contribution in [0.25, 0.3) is 0 Å². The number of esters is 1. The molecular formula is C36H50O8. The van der Waals surface area contributed by atoms with E-state index in [0.29, 0.717) is 36.3 Å². The van der Waals surface area contributed by atoms with Gasteiger partial charge in [-0.05, 0) is 61.8 Å². The van der Waals surface area contributed by atoms with Crippen LogP contribution in [0.1, 0.15) is 79.1 Å². The molecule has 2 aliphatic carbocycles. The topological polar surface area (TPSA) is 115 Å². The summed E-state index contributed by atoms with van der Waals surface area (Å²) in [4.78, 5) is 14.0. The van der Waals surface area contributed by atoms with Crippen LogP contribution in [0.15, 0.2) is 59.3 Å². The first-order valence-corrected chi connectivity index (χ1v) is 16.7. The van der Waals surface area contributed by atoms with Crippen molar-refractivity contribution in [3.05, 3.63) is 59.3 Å². The molecule has 0 radical (unpaired) electrons. The van der Waals surface area contributed by atoms with E-state index in [9.17, 15) is 20.1 Å². The van der Waals surface area contributed by atoms with Gasteiger partial charge in [-0.1, -0.05) is 69.6 Å². The maximum atomic E-state index is 14.0. The molecule has 4 heterocycles. The van der Waals surface area contributed by atoms with Gasteiger partial charge >= 0.3 is 5.97 Å². The quantitative estimate of drug-likeness (QED) is 0.286. The van der Waals surface area contributed by atoms with Crippen LogP contribution in [0.5, 0.6) is 0 Å². The Morgan fingerprint density at radius 3 is 2.48 bits per heavy atom. The van der Waals surface area contributed by atoms with Crippen LogP contribution in [-0.4, -0.2) is 75.9 Å². The molecule has 2 bridgehead atoms. The lowest BCUT2D eigenvalue weighted by Gasteiger charge is -2.49. The molecule has 4 unspecified atom stereocenters. The Kier molecular flexibility index (Phi) is 9.14. The van der Waals surface area contributed by atoms with E-state index in [1.54, 1.807) is 25.2 Å². The van der Waals surface area contributed by atoms with Gasteiger partial charge in [0.25, 0.3) is 0 Å². The van der Waals surface area contributed by atoms with Crippen LogP contribution < -0.4 is 0 Å². The van der Waals surface area contributed by atoms with E-state index in [0.717, 1.165) is 18.4 Å². The zero-order valence-electron chi connectivity index (χ0n) is 26.6. The number of carbonyl (C=O) groups is 1. The van der Waals surface area contributed by atoms with Crippen LogP contribution in [0.2, 0.25) is 0 Å². The third-order valence-electron chi connectivity index (χ3n) is 11.0. The average Bonchev–Trinajstić information content (AvgIpc) is 3.35. The summed E-state index contributed by atoms with van der Waals surface area (Å²) in [6, 6.07) is 0. The Bertz CT molecular complexity index is 1240. The molecule has 1 saturated carbocycles. The minimum absolute atomic E-state index is 0.0233. The van der Waals surface area contributed by atoms with Gasteiger partial charge in [0.2, 0.25) is 0 Å². The van der Waals surface area contributed by atoms with Crippen molar-refractivity contribution in [1.29, 1.82) is 0 Å². The molecule has 6 aliphatic rings. The first-order valence-electron chi connectivity index (χ1n) is 16.7. The second-order valence-corrected chi connectivity index (χ2v) is 14.2. The van der Waals surface area contributed by atoms with Gasteiger partial charge in [0.1, 0.15) is 29.8 Å². The van der Waals surface area contributed by atoms with Gasteiger partial charge in [-0.2, -0.15) is 0 Å². The zero-order chi connectivity index (χ0) is 31.2. The maximum absolute atomic E-state index is 14.0. The molecule has 3 fully saturated rings. The number of rotatable bonds is 1. The molecule has 6 rings (SSSR count). The normalized spacial score (nSPS) is 48.4. The van der Waals surface area contributed by atoms with Crippen LogP contribution in [0.4, 0.5) is 0 Å². The van der Waals surface area contributed by atoms with Gasteiger partial charge in [0.15, 0.2) is 5.79 Å². The predicted octanol–water partition coefficient (Wildman–Crippen LogP) is 4.84. The highest BCUT2D eigenvalue weighted by Gasteiger charge is 2.60. The van der Waals surface area contributed by atoms with Gasteiger partial charge in [-0.3, -0.25) is 4.79 Å². The van der Waals surface area contributed by atoms with Crippen molar-refractivity contribution < 1.29 is 39.1 Å². The number of fused-ring (bicyclic) bond motifs is 2. The second kappa shape index (κ2) is 12.6. The molecule has 11 atom stereocenters. The minimum Gasteiger partial charge on any atom is -0.462 e. The average molecular weight is 611 g/mol. The van der Waals surface area contributed by atoms with Crippen molar-refractivity contribution >= 4 is 5.97 Å². The summed E-state index contributed by atoms with van der Waals surface area (Å²) in [5.41, 5.74) is 0.134. The summed E-state index contributed by atoms with van der Waals surface area (Å²) < 4.78 is 25.8. The molecule has 0 aromatic rings. The van der Waals surface area contributed by atoms with Crippen molar-refractivity contribution in [3.63, 3.8) is 0 Å². The molecule has 2 saturated heterocycles. The third-order valence-corrected chi connectivity index (χ3v) is 11.0. The molecule has 8 heteroatoms. The van der Waals surface area contributed by atoms with E-state index in [1.165, 1.54) is 19.3 Å². The molecule has 0 aromatic heterocycles. The van der Waals surface area contributed by atoms with E-state index < -0.39 is 47.7 Å². The van der Waals surface area contributed by atoms with E-state index in [2.05, 4.69) is 13.0 Å². The lowest BCUT2D eigenvalue weighted by molar-refractivity contribution is -0.301. The number of aliphatic hydroxyl groups excluding tert-OH is 2. The number of carbonyl (C=O) groups excluding carboxylic acids is 1. The Morgan fingerprint density at radius 2 is 1.70 bits per heavy atom. The van der Waals surface area contributed by atoms with Crippen molar-refractivity contribution in [2.45, 2.75) is 127 Å². The molecule has 1 spiro atoms. The molecular weight excluding hydrogens is 560 g/mol. The lowest BCUT2D eigenvalue weighted by atomic mass is 9.71. The highest BCUT2D eigenvalue weighted by atomic mass is 16.7. The van der Waals surface area contributed by atoms with E-state index >= 15 is 0 Å². The number of ether oxygens (including phenoxy) is 4. The summed E-state index contributed by atoms with van der Waals surface area (Å²) >= 11 is 0. The predicted molar refractivity (Wildman–Crippen MR) is 165 cm³/mol. The van der Waals surface area contributed by atoms with Crippen LogP contribution >= 0.6 is 0 Å². The molecule has 242 valence electrons. The Morgan fingerprint density at radius 1 is 0.932 bits per heavy atom. The lowest BCUT2D eigenvalue weighted by Crippen LogP contribution is -2.58. The van der Waals surface area contributed by atoms with Crippen LogP contribution in [0.3, 0.4) is 0 Å². The highest BCUT2D eigenvalue weighted by Crippen LogP contribution is 2.47. The number of allylic oxidation sites excluding steroid dienone is 2. The first kappa shape index (κ1) is 31.9. The Balaban J connectivity index is 1.36. The largest absolute Gasteiger partial charge is 0.462 e. The first-order chi connectivity index (χ1) is 21.0. The minimum atomic E-state index is -1.76. The summed E-state index contributed by atoms with van der Waals surface area (Å²) in [6.45, 7) is 7.88. The Labute approximate surface area is 261 Å². The van der Waals surface area contributed by atoms with Crippen LogP contribution in [-0.2, 0) is 23.7 Å². The summed E-state index contributed by atoms with van der Waals surface area (Å²) in [6.07, 6.45) is 17.0. The fourth-order valence-corrected chi connectivity index (χ4v) is 8.28. The number of hydrogen-bond donors (Lipinski definition) is 3. The Hall–Kier alpha value is -2.07. The van der Waals surface area contributed by atoms with Gasteiger partial charge in [-0.25, -0.2) is 0 Å². The molecule has 3 N–H and O–H groups in total. The summed E-state index contributed by atoms with van der Waals surface area (Å²) in [7, 11) is 0. The van der Waals surface area contributed by atoms with E-state index in [-0.39, 0.29) is 30.7 Å². The molecule has 44 heavy (non-hydrogen) atoms. The third kappa shape index (κ3) is 5.94. The van der Waals surface area contributed by atoms with Gasteiger partial charge in [0, 0.05) is 24.7 Å². The number of aliphatic hydroxyl groups is 3. The highest BCUT2D eigenvalue weighted by molar-refractivity contribution is 5.78. The van der Waals surface area contributed by atoms with Gasteiger partial charge in [-0.15, -0.1) is 0 Å². The van der Waals surface area contributed by atoms with Crippen molar-refractivity contribution in [2.75, 3.05) is 6.61 Å². The van der Waals surface area contributed by atoms with Crippen molar-refractivity contribution in [3.8, 4) is 0 Å². The fraction of sp³-hybridized carbons (Fsp3) is 0.694. The van der Waals surface area contributed by atoms with E-state index in [1.807, 2.05) is 32.1 Å². The van der Waals surface area contributed by atoms with Crippen molar-refractivity contribution in [2.24, 2.45) is 23.7 Å². The molecule has 0 amide bonds. The summed E-state index contributed by atoms with van der Waals surface area (Å²) in [5.74, 6) is -2.11. The smallest absolute Gasteiger partial charge is 0.316 e. The van der Waals surface area contributed by atoms with E-state index in [4.69, 9.17) is 18.9 Å².